The summed E-state index contributed by atoms with van der Waals surface area (Å²) in [4.78, 5) is 0. The van der Waals surface area contributed by atoms with Gasteiger partial charge in [-0.1, -0.05) is 52.3 Å². The average molecular weight is 316 g/mol. The van der Waals surface area contributed by atoms with Crippen LogP contribution in [-0.4, -0.2) is 0 Å². The van der Waals surface area contributed by atoms with Crippen molar-refractivity contribution in [2.45, 2.75) is 31.8 Å². The van der Waals surface area contributed by atoms with Gasteiger partial charge in [0.05, 0.1) is 0 Å². The van der Waals surface area contributed by atoms with Crippen molar-refractivity contribution in [2.24, 2.45) is 0 Å². The topological polar surface area (TPSA) is 12.0 Å². The van der Waals surface area contributed by atoms with E-state index in [2.05, 4.69) is 76.7 Å². The van der Waals surface area contributed by atoms with Crippen LogP contribution in [0.5, 0.6) is 0 Å². The van der Waals surface area contributed by atoms with Crippen molar-refractivity contribution in [2.75, 3.05) is 0 Å². The highest BCUT2D eigenvalue weighted by molar-refractivity contribution is 9.10. The number of hydrogen-bond acceptors (Lipinski definition) is 1. The largest absolute Gasteiger partial charge is 0.303 e. The van der Waals surface area contributed by atoms with Crippen LogP contribution < -0.4 is 5.32 Å². The zero-order chi connectivity index (χ0) is 13.2. The van der Waals surface area contributed by atoms with Crippen LogP contribution in [-0.2, 0) is 6.42 Å². The van der Waals surface area contributed by atoms with Gasteiger partial charge in [0.2, 0.25) is 0 Å². The molecule has 0 spiro atoms. The molecule has 2 aromatic carbocycles. The summed E-state index contributed by atoms with van der Waals surface area (Å²) < 4.78 is 1.13. The molecule has 1 nitrogen and oxygen atoms in total. The van der Waals surface area contributed by atoms with Gasteiger partial charge in [0.15, 0.2) is 0 Å². The van der Waals surface area contributed by atoms with Crippen LogP contribution in [0.2, 0.25) is 0 Å². The molecular weight excluding hydrogens is 298 g/mol. The van der Waals surface area contributed by atoms with Gasteiger partial charge >= 0.3 is 0 Å². The maximum atomic E-state index is 3.76. The third kappa shape index (κ3) is 2.75. The standard InChI is InChI=1S/C17H18BrN/c1-12(13-6-9-15(18)10-7-13)19-17-11-8-14-4-2-3-5-16(14)17/h2-7,9-10,12,17,19H,8,11H2,1H3/t12-,17?/m1/s1. The minimum absolute atomic E-state index is 0.379. The Labute approximate surface area is 123 Å². The second-order valence-electron chi connectivity index (χ2n) is 5.23. The van der Waals surface area contributed by atoms with Crippen molar-refractivity contribution in [1.29, 1.82) is 0 Å². The predicted octanol–water partition coefficient (Wildman–Crippen LogP) is 4.79. The summed E-state index contributed by atoms with van der Waals surface area (Å²) in [6.07, 6.45) is 2.40. The maximum Gasteiger partial charge on any atom is 0.0331 e. The molecule has 0 radical (unpaired) electrons. The van der Waals surface area contributed by atoms with Crippen LogP contribution in [0.25, 0.3) is 0 Å². The molecule has 2 aromatic rings. The second-order valence-corrected chi connectivity index (χ2v) is 6.15. The zero-order valence-electron chi connectivity index (χ0n) is 11.1. The Morgan fingerprint density at radius 3 is 2.63 bits per heavy atom. The molecule has 2 atom stereocenters. The molecular formula is C17H18BrN. The minimum Gasteiger partial charge on any atom is -0.303 e. The Morgan fingerprint density at radius 1 is 1.11 bits per heavy atom. The predicted molar refractivity (Wildman–Crippen MR) is 83.2 cm³/mol. The van der Waals surface area contributed by atoms with Crippen LogP contribution >= 0.6 is 15.9 Å². The first kappa shape index (κ1) is 12.9. The number of benzene rings is 2. The molecule has 98 valence electrons. The van der Waals surface area contributed by atoms with Gasteiger partial charge < -0.3 is 5.32 Å². The Balaban J connectivity index is 1.74. The fourth-order valence-electron chi connectivity index (χ4n) is 2.88. The highest BCUT2D eigenvalue weighted by atomic mass is 79.9. The SMILES string of the molecule is C[C@@H](NC1CCc2ccccc21)c1ccc(Br)cc1. The number of rotatable bonds is 3. The monoisotopic (exact) mass is 315 g/mol. The lowest BCUT2D eigenvalue weighted by Gasteiger charge is -2.21. The number of hydrogen-bond donors (Lipinski definition) is 1. The average Bonchev–Trinajstić information content (AvgIpc) is 2.83. The number of halogens is 1. The van der Waals surface area contributed by atoms with E-state index in [1.54, 1.807) is 0 Å². The number of nitrogens with one attached hydrogen (secondary N) is 1. The van der Waals surface area contributed by atoms with Gasteiger partial charge in [-0.25, -0.2) is 0 Å². The van der Waals surface area contributed by atoms with E-state index >= 15 is 0 Å². The molecule has 1 aliphatic carbocycles. The summed E-state index contributed by atoms with van der Waals surface area (Å²) in [7, 11) is 0. The van der Waals surface area contributed by atoms with Crippen LogP contribution in [0.4, 0.5) is 0 Å². The van der Waals surface area contributed by atoms with Crippen LogP contribution in [0.1, 0.15) is 42.1 Å². The molecule has 0 aromatic heterocycles. The molecule has 0 saturated heterocycles. The van der Waals surface area contributed by atoms with Crippen molar-refractivity contribution in [3.05, 3.63) is 69.7 Å². The lowest BCUT2D eigenvalue weighted by Crippen LogP contribution is -2.22. The van der Waals surface area contributed by atoms with Crippen LogP contribution in [0.3, 0.4) is 0 Å². The lowest BCUT2D eigenvalue weighted by molar-refractivity contribution is 0.465. The lowest BCUT2D eigenvalue weighted by atomic mass is 10.0. The van der Waals surface area contributed by atoms with Gasteiger partial charge in [0.1, 0.15) is 0 Å². The number of aryl methyl sites for hydroxylation is 1. The Hall–Kier alpha value is -1.12. The molecule has 3 rings (SSSR count). The van der Waals surface area contributed by atoms with E-state index in [1.165, 1.54) is 29.5 Å². The van der Waals surface area contributed by atoms with E-state index in [-0.39, 0.29) is 0 Å². The van der Waals surface area contributed by atoms with E-state index < -0.39 is 0 Å². The third-order valence-electron chi connectivity index (χ3n) is 3.95. The summed E-state index contributed by atoms with van der Waals surface area (Å²) >= 11 is 3.48. The van der Waals surface area contributed by atoms with Gasteiger partial charge in [-0.15, -0.1) is 0 Å². The first-order valence-corrected chi connectivity index (χ1v) is 7.62. The molecule has 2 heteroatoms. The Kier molecular flexibility index (Phi) is 3.72. The van der Waals surface area contributed by atoms with Crippen molar-refractivity contribution in [3.63, 3.8) is 0 Å². The van der Waals surface area contributed by atoms with Gasteiger partial charge in [-0.2, -0.15) is 0 Å². The molecule has 0 fully saturated rings. The summed E-state index contributed by atoms with van der Waals surface area (Å²) in [5.74, 6) is 0. The van der Waals surface area contributed by atoms with Crippen molar-refractivity contribution >= 4 is 15.9 Å². The molecule has 1 N–H and O–H groups in total. The van der Waals surface area contributed by atoms with Gasteiger partial charge in [0.25, 0.3) is 0 Å². The van der Waals surface area contributed by atoms with Gasteiger partial charge in [-0.3, -0.25) is 0 Å². The smallest absolute Gasteiger partial charge is 0.0331 e. The Morgan fingerprint density at radius 2 is 1.84 bits per heavy atom. The maximum absolute atomic E-state index is 3.76. The van der Waals surface area contributed by atoms with Gasteiger partial charge in [-0.05, 0) is 48.6 Å². The first-order chi connectivity index (χ1) is 9.24. The Bertz CT molecular complexity index is 562. The third-order valence-corrected chi connectivity index (χ3v) is 4.48. The van der Waals surface area contributed by atoms with E-state index in [0.29, 0.717) is 12.1 Å². The van der Waals surface area contributed by atoms with Crippen molar-refractivity contribution < 1.29 is 0 Å². The fourth-order valence-corrected chi connectivity index (χ4v) is 3.14. The molecule has 0 aliphatic heterocycles. The normalized spacial score (nSPS) is 19.2. The van der Waals surface area contributed by atoms with Crippen LogP contribution in [0, 0.1) is 0 Å². The number of fused-ring (bicyclic) bond motifs is 1. The molecule has 0 heterocycles. The van der Waals surface area contributed by atoms with Crippen LogP contribution in [0.15, 0.2) is 53.0 Å². The van der Waals surface area contributed by atoms with Crippen molar-refractivity contribution in [3.8, 4) is 0 Å². The molecule has 1 unspecified atom stereocenters. The van der Waals surface area contributed by atoms with E-state index in [9.17, 15) is 0 Å². The van der Waals surface area contributed by atoms with Crippen molar-refractivity contribution in [1.82, 2.24) is 5.32 Å². The minimum atomic E-state index is 0.379. The zero-order valence-corrected chi connectivity index (χ0v) is 12.7. The van der Waals surface area contributed by atoms with Gasteiger partial charge in [0, 0.05) is 16.6 Å². The second kappa shape index (κ2) is 5.48. The molecule has 19 heavy (non-hydrogen) atoms. The molecule has 0 saturated carbocycles. The highest BCUT2D eigenvalue weighted by Gasteiger charge is 2.23. The highest BCUT2D eigenvalue weighted by Crippen LogP contribution is 2.32. The fraction of sp³-hybridized carbons (Fsp3) is 0.294. The van der Waals surface area contributed by atoms with E-state index in [1.807, 2.05) is 0 Å². The summed E-state index contributed by atoms with van der Waals surface area (Å²) in [6.45, 7) is 2.24. The molecule has 1 aliphatic rings. The van der Waals surface area contributed by atoms with E-state index in [4.69, 9.17) is 0 Å². The quantitative estimate of drug-likeness (QED) is 0.859. The summed E-state index contributed by atoms with van der Waals surface area (Å²) in [6, 6.07) is 18.2. The van der Waals surface area contributed by atoms with E-state index in [0.717, 1.165) is 4.47 Å². The first-order valence-electron chi connectivity index (χ1n) is 6.83. The summed E-state index contributed by atoms with van der Waals surface area (Å²) in [5, 5.41) is 3.76. The summed E-state index contributed by atoms with van der Waals surface area (Å²) in [5.41, 5.74) is 4.32. The molecule has 0 amide bonds. The molecule has 0 bridgehead atoms.